The summed E-state index contributed by atoms with van der Waals surface area (Å²) in [6.45, 7) is 0.744. The lowest BCUT2D eigenvalue weighted by molar-refractivity contribution is 0.936. The van der Waals surface area contributed by atoms with Gasteiger partial charge in [0, 0.05) is 25.2 Å². The van der Waals surface area contributed by atoms with Crippen LogP contribution in [0.3, 0.4) is 0 Å². The molecule has 0 fully saturated rings. The minimum absolute atomic E-state index is 0.701. The van der Waals surface area contributed by atoms with Gasteiger partial charge in [0.05, 0.1) is 6.20 Å². The molecule has 4 heteroatoms. The third-order valence-electron chi connectivity index (χ3n) is 1.83. The van der Waals surface area contributed by atoms with E-state index in [1.165, 1.54) is 0 Å². The second-order valence-electron chi connectivity index (χ2n) is 2.83. The summed E-state index contributed by atoms with van der Waals surface area (Å²) in [6.07, 6.45) is 9.42. The molecule has 0 radical (unpaired) electrons. The van der Waals surface area contributed by atoms with Crippen LogP contribution in [0.25, 0.3) is 5.65 Å². The van der Waals surface area contributed by atoms with Crippen LogP contribution >= 0.6 is 0 Å². The summed E-state index contributed by atoms with van der Waals surface area (Å²) in [7, 11) is 0. The minimum Gasteiger partial charge on any atom is -0.369 e. The fourth-order valence-electron chi connectivity index (χ4n) is 1.17. The molecular weight excluding hydrogens is 176 g/mol. The molecule has 1 N–H and O–H groups in total. The van der Waals surface area contributed by atoms with E-state index in [1.54, 1.807) is 10.7 Å². The molecule has 4 nitrogen and oxygen atoms in total. The Kier molecular flexibility index (Phi) is 2.32. The number of fused-ring (bicyclic) bond motifs is 1. The van der Waals surface area contributed by atoms with Crippen LogP contribution in [-0.2, 0) is 0 Å². The van der Waals surface area contributed by atoms with Gasteiger partial charge in [-0.2, -0.15) is 5.10 Å². The van der Waals surface area contributed by atoms with E-state index in [-0.39, 0.29) is 0 Å². The van der Waals surface area contributed by atoms with Crippen LogP contribution in [0.4, 0.5) is 5.82 Å². The summed E-state index contributed by atoms with van der Waals surface area (Å²) in [4.78, 5) is 4.33. The number of hydrogen-bond acceptors (Lipinski definition) is 3. The van der Waals surface area contributed by atoms with Crippen molar-refractivity contribution >= 4 is 11.5 Å². The SMILES string of the molecule is C#CCCNc1ccn2nccc2n1. The molecule has 0 bridgehead atoms. The van der Waals surface area contributed by atoms with Gasteiger partial charge in [-0.05, 0) is 6.07 Å². The lowest BCUT2D eigenvalue weighted by Gasteiger charge is -2.02. The first-order valence-corrected chi connectivity index (χ1v) is 4.38. The highest BCUT2D eigenvalue weighted by atomic mass is 15.2. The van der Waals surface area contributed by atoms with Crippen molar-refractivity contribution < 1.29 is 0 Å². The molecule has 0 aliphatic heterocycles. The Bertz CT molecular complexity index is 466. The van der Waals surface area contributed by atoms with E-state index in [2.05, 4.69) is 21.3 Å². The van der Waals surface area contributed by atoms with E-state index >= 15 is 0 Å². The zero-order valence-corrected chi connectivity index (χ0v) is 7.64. The first-order valence-electron chi connectivity index (χ1n) is 4.38. The van der Waals surface area contributed by atoms with Crippen molar-refractivity contribution in [1.82, 2.24) is 14.6 Å². The maximum atomic E-state index is 5.14. The molecule has 0 amide bonds. The number of rotatable bonds is 3. The Morgan fingerprint density at radius 1 is 1.50 bits per heavy atom. The van der Waals surface area contributed by atoms with E-state index in [0.717, 1.165) is 18.0 Å². The van der Waals surface area contributed by atoms with Crippen LogP contribution in [0.1, 0.15) is 6.42 Å². The molecule has 0 aliphatic carbocycles. The van der Waals surface area contributed by atoms with Crippen LogP contribution in [0.2, 0.25) is 0 Å². The molecule has 2 aromatic rings. The van der Waals surface area contributed by atoms with Gasteiger partial charge in [0.1, 0.15) is 5.82 Å². The first-order chi connectivity index (χ1) is 6.90. The quantitative estimate of drug-likeness (QED) is 0.578. The molecule has 0 atom stereocenters. The number of terminal acetylenes is 1. The van der Waals surface area contributed by atoms with Crippen molar-refractivity contribution in [2.45, 2.75) is 6.42 Å². The number of aromatic nitrogens is 3. The standard InChI is InChI=1S/C10H10N4/c1-2-3-6-11-9-5-8-14-10(13-9)4-7-12-14/h1,4-5,7-8H,3,6H2,(H,11,13). The van der Waals surface area contributed by atoms with Gasteiger partial charge < -0.3 is 5.32 Å². The Hall–Kier alpha value is -2.02. The molecule has 14 heavy (non-hydrogen) atoms. The normalized spacial score (nSPS) is 9.93. The van der Waals surface area contributed by atoms with Crippen molar-refractivity contribution in [2.75, 3.05) is 11.9 Å². The van der Waals surface area contributed by atoms with Gasteiger partial charge in [0.15, 0.2) is 5.65 Å². The van der Waals surface area contributed by atoms with E-state index in [1.807, 2.05) is 18.3 Å². The van der Waals surface area contributed by atoms with E-state index in [4.69, 9.17) is 6.42 Å². The Labute approximate surface area is 82.0 Å². The van der Waals surface area contributed by atoms with Crippen molar-refractivity contribution in [3.05, 3.63) is 24.5 Å². The van der Waals surface area contributed by atoms with Crippen molar-refractivity contribution in [3.8, 4) is 12.3 Å². The Morgan fingerprint density at radius 2 is 2.43 bits per heavy atom. The van der Waals surface area contributed by atoms with Crippen molar-refractivity contribution in [3.63, 3.8) is 0 Å². The second kappa shape index (κ2) is 3.79. The van der Waals surface area contributed by atoms with E-state index < -0.39 is 0 Å². The van der Waals surface area contributed by atoms with Gasteiger partial charge in [-0.15, -0.1) is 12.3 Å². The van der Waals surface area contributed by atoms with Crippen molar-refractivity contribution in [1.29, 1.82) is 0 Å². The predicted molar refractivity (Wildman–Crippen MR) is 54.9 cm³/mol. The molecular formula is C10H10N4. The van der Waals surface area contributed by atoms with Crippen LogP contribution in [0.5, 0.6) is 0 Å². The molecule has 70 valence electrons. The molecule has 0 saturated carbocycles. The lowest BCUT2D eigenvalue weighted by atomic mass is 10.4. The molecule has 2 aromatic heterocycles. The van der Waals surface area contributed by atoms with Crippen LogP contribution < -0.4 is 5.32 Å². The summed E-state index contributed by atoms with van der Waals surface area (Å²) in [5, 5.41) is 7.18. The third kappa shape index (κ3) is 1.67. The lowest BCUT2D eigenvalue weighted by Crippen LogP contribution is -2.03. The predicted octanol–water partition coefficient (Wildman–Crippen LogP) is 1.16. The molecule has 0 unspecified atom stereocenters. The largest absolute Gasteiger partial charge is 0.369 e. The number of nitrogens with one attached hydrogen (secondary N) is 1. The minimum atomic E-state index is 0.701. The average Bonchev–Trinajstić information content (AvgIpc) is 2.65. The first kappa shape index (κ1) is 8.57. The fourth-order valence-corrected chi connectivity index (χ4v) is 1.17. The molecule has 0 saturated heterocycles. The van der Waals surface area contributed by atoms with Crippen LogP contribution in [0.15, 0.2) is 24.5 Å². The molecule has 2 heterocycles. The summed E-state index contributed by atoms with van der Waals surface area (Å²) in [5.41, 5.74) is 0.829. The molecule has 2 rings (SSSR count). The summed E-state index contributed by atoms with van der Waals surface area (Å²) in [6, 6.07) is 3.73. The maximum absolute atomic E-state index is 5.14. The monoisotopic (exact) mass is 186 g/mol. The Balaban J connectivity index is 2.14. The Morgan fingerprint density at radius 3 is 3.29 bits per heavy atom. The topological polar surface area (TPSA) is 42.2 Å². The van der Waals surface area contributed by atoms with Crippen LogP contribution in [0, 0.1) is 12.3 Å². The number of nitrogens with zero attached hydrogens (tertiary/aromatic N) is 3. The van der Waals surface area contributed by atoms with Gasteiger partial charge in [0.2, 0.25) is 0 Å². The van der Waals surface area contributed by atoms with E-state index in [9.17, 15) is 0 Å². The van der Waals surface area contributed by atoms with Crippen molar-refractivity contribution in [2.24, 2.45) is 0 Å². The molecule has 0 aliphatic rings. The second-order valence-corrected chi connectivity index (χ2v) is 2.83. The zero-order valence-electron chi connectivity index (χ0n) is 7.64. The smallest absolute Gasteiger partial charge is 0.157 e. The number of hydrogen-bond donors (Lipinski definition) is 1. The molecule has 0 aromatic carbocycles. The summed E-state index contributed by atoms with van der Waals surface area (Å²) < 4.78 is 1.71. The van der Waals surface area contributed by atoms with Crippen LogP contribution in [-0.4, -0.2) is 21.1 Å². The zero-order chi connectivity index (χ0) is 9.80. The van der Waals surface area contributed by atoms with E-state index in [0.29, 0.717) is 6.42 Å². The highest BCUT2D eigenvalue weighted by molar-refractivity contribution is 5.45. The van der Waals surface area contributed by atoms with Gasteiger partial charge in [-0.1, -0.05) is 0 Å². The van der Waals surface area contributed by atoms with Gasteiger partial charge in [-0.3, -0.25) is 0 Å². The highest BCUT2D eigenvalue weighted by Crippen LogP contribution is 2.05. The van der Waals surface area contributed by atoms with Gasteiger partial charge in [0.25, 0.3) is 0 Å². The maximum Gasteiger partial charge on any atom is 0.157 e. The molecule has 0 spiro atoms. The summed E-state index contributed by atoms with van der Waals surface area (Å²) >= 11 is 0. The fraction of sp³-hybridized carbons (Fsp3) is 0.200. The highest BCUT2D eigenvalue weighted by Gasteiger charge is 1.96. The van der Waals surface area contributed by atoms with Gasteiger partial charge in [-0.25, -0.2) is 9.50 Å². The summed E-state index contributed by atoms with van der Waals surface area (Å²) in [5.74, 6) is 3.39. The average molecular weight is 186 g/mol. The number of anilines is 1. The third-order valence-corrected chi connectivity index (χ3v) is 1.83. The van der Waals surface area contributed by atoms with Gasteiger partial charge >= 0.3 is 0 Å².